The SMILES string of the molecule is CNCCc1ccc(OCC(C)(F)F)cc1. The molecule has 0 atom stereocenters. The molecule has 90 valence electrons. The van der Waals surface area contributed by atoms with Gasteiger partial charge in [0.2, 0.25) is 0 Å². The summed E-state index contributed by atoms with van der Waals surface area (Å²) in [5.41, 5.74) is 1.16. The molecule has 0 fully saturated rings. The molecule has 0 aliphatic rings. The first kappa shape index (κ1) is 12.9. The van der Waals surface area contributed by atoms with Crippen LogP contribution >= 0.6 is 0 Å². The Hall–Kier alpha value is -1.16. The monoisotopic (exact) mass is 229 g/mol. The smallest absolute Gasteiger partial charge is 0.278 e. The molecule has 0 spiro atoms. The third-order valence-corrected chi connectivity index (χ3v) is 2.08. The minimum absolute atomic E-state index is 0.481. The summed E-state index contributed by atoms with van der Waals surface area (Å²) in [4.78, 5) is 0. The first-order chi connectivity index (χ1) is 7.51. The number of nitrogens with one attached hydrogen (secondary N) is 1. The van der Waals surface area contributed by atoms with Gasteiger partial charge in [-0.2, -0.15) is 0 Å². The Balaban J connectivity index is 2.45. The highest BCUT2D eigenvalue weighted by Gasteiger charge is 2.21. The molecule has 0 bridgehead atoms. The Bertz CT molecular complexity index is 306. The van der Waals surface area contributed by atoms with Crippen LogP contribution in [0.5, 0.6) is 5.75 Å². The van der Waals surface area contributed by atoms with E-state index in [1.54, 1.807) is 12.1 Å². The van der Waals surface area contributed by atoms with Crippen LogP contribution in [-0.2, 0) is 6.42 Å². The molecule has 0 heterocycles. The highest BCUT2D eigenvalue weighted by atomic mass is 19.3. The van der Waals surface area contributed by atoms with Gasteiger partial charge in [-0.05, 0) is 37.7 Å². The van der Waals surface area contributed by atoms with Crippen molar-refractivity contribution in [2.45, 2.75) is 19.3 Å². The Kier molecular flexibility index (Phi) is 4.68. The average Bonchev–Trinajstić information content (AvgIpc) is 2.24. The minimum atomic E-state index is -2.79. The van der Waals surface area contributed by atoms with E-state index in [4.69, 9.17) is 4.74 Å². The fourth-order valence-corrected chi connectivity index (χ4v) is 1.23. The maximum atomic E-state index is 12.5. The van der Waals surface area contributed by atoms with Crippen LogP contribution < -0.4 is 10.1 Å². The lowest BCUT2D eigenvalue weighted by atomic mass is 10.1. The topological polar surface area (TPSA) is 21.3 Å². The molecule has 0 aliphatic carbocycles. The summed E-state index contributed by atoms with van der Waals surface area (Å²) < 4.78 is 30.0. The summed E-state index contributed by atoms with van der Waals surface area (Å²) in [5, 5.41) is 3.05. The third kappa shape index (κ3) is 5.07. The van der Waals surface area contributed by atoms with Gasteiger partial charge in [0, 0.05) is 6.92 Å². The molecule has 1 aromatic rings. The molecular formula is C12H17F2NO. The van der Waals surface area contributed by atoms with Crippen molar-refractivity contribution < 1.29 is 13.5 Å². The lowest BCUT2D eigenvalue weighted by Gasteiger charge is -2.12. The summed E-state index contributed by atoms with van der Waals surface area (Å²) >= 11 is 0. The number of rotatable bonds is 6. The molecule has 0 unspecified atom stereocenters. The third-order valence-electron chi connectivity index (χ3n) is 2.08. The van der Waals surface area contributed by atoms with Crippen LogP contribution in [0.3, 0.4) is 0 Å². The van der Waals surface area contributed by atoms with Gasteiger partial charge in [-0.3, -0.25) is 0 Å². The summed E-state index contributed by atoms with van der Waals surface area (Å²) in [5.74, 6) is -2.31. The van der Waals surface area contributed by atoms with E-state index >= 15 is 0 Å². The van der Waals surface area contributed by atoms with Crippen molar-refractivity contribution in [2.75, 3.05) is 20.2 Å². The van der Waals surface area contributed by atoms with Crippen LogP contribution in [0, 0.1) is 0 Å². The van der Waals surface area contributed by atoms with Crippen molar-refractivity contribution in [1.82, 2.24) is 5.32 Å². The molecular weight excluding hydrogens is 212 g/mol. The Morgan fingerprint density at radius 3 is 2.38 bits per heavy atom. The molecule has 0 saturated heterocycles. The highest BCUT2D eigenvalue weighted by molar-refractivity contribution is 5.27. The standard InChI is InChI=1S/C12H17F2NO/c1-12(13,14)9-16-11-5-3-10(4-6-11)7-8-15-2/h3-6,15H,7-9H2,1-2H3. The molecule has 4 heteroatoms. The number of halogens is 2. The van der Waals surface area contributed by atoms with Crippen LogP contribution in [0.2, 0.25) is 0 Å². The second-order valence-electron chi connectivity index (χ2n) is 3.86. The van der Waals surface area contributed by atoms with Crippen molar-refractivity contribution in [3.8, 4) is 5.75 Å². The molecule has 0 amide bonds. The number of hydrogen-bond acceptors (Lipinski definition) is 2. The van der Waals surface area contributed by atoms with Crippen molar-refractivity contribution in [2.24, 2.45) is 0 Å². The zero-order valence-corrected chi connectivity index (χ0v) is 9.59. The molecule has 1 rings (SSSR count). The zero-order chi connectivity index (χ0) is 12.0. The predicted molar refractivity (Wildman–Crippen MR) is 60.2 cm³/mol. The van der Waals surface area contributed by atoms with Gasteiger partial charge in [0.05, 0.1) is 0 Å². The van der Waals surface area contributed by atoms with Crippen LogP contribution in [0.4, 0.5) is 8.78 Å². The lowest BCUT2D eigenvalue weighted by Crippen LogP contribution is -2.20. The normalized spacial score (nSPS) is 11.5. The summed E-state index contributed by atoms with van der Waals surface area (Å²) in [6, 6.07) is 7.22. The molecule has 0 aliphatic heterocycles. The van der Waals surface area contributed by atoms with Crippen LogP contribution in [0.1, 0.15) is 12.5 Å². The Morgan fingerprint density at radius 1 is 1.25 bits per heavy atom. The molecule has 2 nitrogen and oxygen atoms in total. The van der Waals surface area contributed by atoms with Gasteiger partial charge in [0.15, 0.2) is 6.61 Å². The fraction of sp³-hybridized carbons (Fsp3) is 0.500. The van der Waals surface area contributed by atoms with E-state index in [-0.39, 0.29) is 0 Å². The molecule has 1 N–H and O–H groups in total. The first-order valence-electron chi connectivity index (χ1n) is 5.25. The van der Waals surface area contributed by atoms with Gasteiger partial charge in [0.25, 0.3) is 5.92 Å². The molecule has 0 saturated carbocycles. The predicted octanol–water partition coefficient (Wildman–Crippen LogP) is 2.48. The van der Waals surface area contributed by atoms with Crippen molar-refractivity contribution >= 4 is 0 Å². The van der Waals surface area contributed by atoms with E-state index in [1.807, 2.05) is 19.2 Å². The van der Waals surface area contributed by atoms with Gasteiger partial charge in [-0.15, -0.1) is 0 Å². The van der Waals surface area contributed by atoms with E-state index in [0.717, 1.165) is 25.5 Å². The highest BCUT2D eigenvalue weighted by Crippen LogP contribution is 2.17. The van der Waals surface area contributed by atoms with Crippen LogP contribution in [-0.4, -0.2) is 26.1 Å². The van der Waals surface area contributed by atoms with Gasteiger partial charge < -0.3 is 10.1 Å². The van der Waals surface area contributed by atoms with E-state index in [2.05, 4.69) is 5.32 Å². The number of ether oxygens (including phenoxy) is 1. The second kappa shape index (κ2) is 5.80. The van der Waals surface area contributed by atoms with Crippen LogP contribution in [0.15, 0.2) is 24.3 Å². The van der Waals surface area contributed by atoms with Gasteiger partial charge in [-0.25, -0.2) is 8.78 Å². The van der Waals surface area contributed by atoms with Crippen molar-refractivity contribution in [1.29, 1.82) is 0 Å². The zero-order valence-electron chi connectivity index (χ0n) is 9.59. The molecule has 0 aromatic heterocycles. The Labute approximate surface area is 94.6 Å². The van der Waals surface area contributed by atoms with Gasteiger partial charge in [0.1, 0.15) is 5.75 Å². The number of likely N-dealkylation sites (N-methyl/N-ethyl adjacent to an activating group) is 1. The van der Waals surface area contributed by atoms with E-state index < -0.39 is 12.5 Å². The number of benzene rings is 1. The van der Waals surface area contributed by atoms with Crippen molar-refractivity contribution in [3.05, 3.63) is 29.8 Å². The van der Waals surface area contributed by atoms with Gasteiger partial charge >= 0.3 is 0 Å². The fourth-order valence-electron chi connectivity index (χ4n) is 1.23. The van der Waals surface area contributed by atoms with Crippen LogP contribution in [0.25, 0.3) is 0 Å². The van der Waals surface area contributed by atoms with E-state index in [9.17, 15) is 8.78 Å². The van der Waals surface area contributed by atoms with Crippen molar-refractivity contribution in [3.63, 3.8) is 0 Å². The summed E-state index contributed by atoms with van der Waals surface area (Å²) in [6.07, 6.45) is 0.917. The second-order valence-corrected chi connectivity index (χ2v) is 3.86. The maximum Gasteiger partial charge on any atom is 0.278 e. The quantitative estimate of drug-likeness (QED) is 0.809. The molecule has 0 radical (unpaired) electrons. The van der Waals surface area contributed by atoms with E-state index in [0.29, 0.717) is 5.75 Å². The summed E-state index contributed by atoms with van der Waals surface area (Å²) in [6.45, 7) is 1.16. The van der Waals surface area contributed by atoms with E-state index in [1.165, 1.54) is 0 Å². The lowest BCUT2D eigenvalue weighted by molar-refractivity contribution is -0.0229. The summed E-state index contributed by atoms with van der Waals surface area (Å²) in [7, 11) is 1.89. The molecule has 16 heavy (non-hydrogen) atoms. The molecule has 1 aromatic carbocycles. The maximum absolute atomic E-state index is 12.5. The first-order valence-corrected chi connectivity index (χ1v) is 5.25. The number of alkyl halides is 2. The average molecular weight is 229 g/mol. The largest absolute Gasteiger partial charge is 0.487 e. The number of hydrogen-bond donors (Lipinski definition) is 1. The minimum Gasteiger partial charge on any atom is -0.487 e. The van der Waals surface area contributed by atoms with Gasteiger partial charge in [-0.1, -0.05) is 12.1 Å². The Morgan fingerprint density at radius 2 is 1.88 bits per heavy atom.